The molecule has 0 amide bonds. The first-order valence-electron chi connectivity index (χ1n) is 9.71. The maximum Gasteiger partial charge on any atom is 0.254 e. The standard InChI is InChI=1S/C16H30N10O2S3/c1-4-26(5-2)8-6-19-14-23-30-24-15(25(14)3)20-7-9-29-10-12-11-31(27,28)16(21-12)22-13(17)18/h11H,4-10H2,1-3H3,(H,19,23)(H,20,24)(H4,17,18,21,22). The smallest absolute Gasteiger partial charge is 0.254 e. The second-order valence-electron chi connectivity index (χ2n) is 6.44. The summed E-state index contributed by atoms with van der Waals surface area (Å²) in [6.07, 6.45) is 0. The van der Waals surface area contributed by atoms with Gasteiger partial charge >= 0.3 is 0 Å². The lowest BCUT2D eigenvalue weighted by molar-refractivity contribution is 0.312. The number of aliphatic imine (C=N–C) groups is 4. The van der Waals surface area contributed by atoms with Crippen LogP contribution in [0.2, 0.25) is 0 Å². The van der Waals surface area contributed by atoms with E-state index in [-0.39, 0.29) is 11.1 Å². The molecule has 2 heterocycles. The van der Waals surface area contributed by atoms with Crippen LogP contribution in [-0.2, 0) is 9.84 Å². The monoisotopic (exact) mass is 490 g/mol. The van der Waals surface area contributed by atoms with Gasteiger partial charge < -0.3 is 16.4 Å². The number of likely N-dealkylation sites (N-methyl/N-ethyl adjacent to an activating group) is 1. The molecule has 1 fully saturated rings. The number of amidine groups is 1. The number of thioether (sulfide) groups is 1. The minimum absolute atomic E-state index is 0.340. The van der Waals surface area contributed by atoms with Crippen LogP contribution in [0.15, 0.2) is 31.1 Å². The fourth-order valence-corrected chi connectivity index (χ4v) is 5.11. The van der Waals surface area contributed by atoms with Crippen LogP contribution in [0, 0.1) is 0 Å². The average molecular weight is 491 g/mol. The van der Waals surface area contributed by atoms with Gasteiger partial charge in [0.15, 0.2) is 5.96 Å². The van der Waals surface area contributed by atoms with E-state index >= 15 is 0 Å². The summed E-state index contributed by atoms with van der Waals surface area (Å²) in [5, 5.41) is 0.724. The number of hydrogen-bond donors (Lipinski definition) is 4. The lowest BCUT2D eigenvalue weighted by atomic mass is 10.5. The Morgan fingerprint density at radius 3 is 2.48 bits per heavy atom. The van der Waals surface area contributed by atoms with Gasteiger partial charge in [0, 0.05) is 25.1 Å². The van der Waals surface area contributed by atoms with Gasteiger partial charge in [-0.05, 0) is 13.1 Å². The summed E-state index contributed by atoms with van der Waals surface area (Å²) >= 11 is 2.85. The average Bonchev–Trinajstić information content (AvgIpc) is 2.99. The number of rotatable bonds is 10. The molecule has 31 heavy (non-hydrogen) atoms. The van der Waals surface area contributed by atoms with Crippen LogP contribution in [0.4, 0.5) is 0 Å². The molecule has 0 radical (unpaired) electrons. The molecule has 0 saturated carbocycles. The van der Waals surface area contributed by atoms with Crippen LogP contribution >= 0.6 is 23.9 Å². The van der Waals surface area contributed by atoms with E-state index in [2.05, 4.69) is 48.2 Å². The Labute approximate surface area is 192 Å². The zero-order chi connectivity index (χ0) is 22.9. The fourth-order valence-electron chi connectivity index (χ4n) is 2.57. The first-order chi connectivity index (χ1) is 14.8. The van der Waals surface area contributed by atoms with E-state index in [9.17, 15) is 8.42 Å². The molecule has 0 bridgehead atoms. The summed E-state index contributed by atoms with van der Waals surface area (Å²) in [7, 11) is -1.77. The third-order valence-electron chi connectivity index (χ3n) is 4.25. The van der Waals surface area contributed by atoms with Gasteiger partial charge in [-0.1, -0.05) is 13.8 Å². The molecule has 0 aromatic carbocycles. The summed E-state index contributed by atoms with van der Waals surface area (Å²) in [6.45, 7) is 8.47. The van der Waals surface area contributed by atoms with Crippen molar-refractivity contribution < 1.29 is 8.42 Å². The number of hydrogen-bond acceptors (Lipinski definition) is 9. The highest BCUT2D eigenvalue weighted by Crippen LogP contribution is 2.19. The van der Waals surface area contributed by atoms with Crippen molar-refractivity contribution in [2.24, 2.45) is 31.4 Å². The minimum Gasteiger partial charge on any atom is -0.370 e. The molecule has 0 aromatic heterocycles. The van der Waals surface area contributed by atoms with E-state index in [1.807, 2.05) is 11.9 Å². The van der Waals surface area contributed by atoms with Gasteiger partial charge in [0.2, 0.25) is 21.8 Å². The van der Waals surface area contributed by atoms with Crippen LogP contribution in [0.25, 0.3) is 0 Å². The Morgan fingerprint density at radius 2 is 1.87 bits per heavy atom. The SMILES string of the molecule is CCN(CC)CCN=C1NSNC(=NCCSCC2=CS(=O)(=O)C(N=C(N)N)=N2)N1C. The zero-order valence-electron chi connectivity index (χ0n) is 17.9. The topological polar surface area (TPSA) is 166 Å². The maximum atomic E-state index is 11.9. The minimum atomic E-state index is -3.66. The van der Waals surface area contributed by atoms with Gasteiger partial charge in [0.05, 0.1) is 36.3 Å². The van der Waals surface area contributed by atoms with E-state index < -0.39 is 9.84 Å². The summed E-state index contributed by atoms with van der Waals surface area (Å²) in [4.78, 5) is 20.9. The van der Waals surface area contributed by atoms with Gasteiger partial charge in [-0.2, -0.15) is 16.8 Å². The Morgan fingerprint density at radius 1 is 1.23 bits per heavy atom. The highest BCUT2D eigenvalue weighted by atomic mass is 32.2. The van der Waals surface area contributed by atoms with Crippen molar-refractivity contribution in [2.75, 3.05) is 51.3 Å². The van der Waals surface area contributed by atoms with Crippen molar-refractivity contribution >= 4 is 56.8 Å². The van der Waals surface area contributed by atoms with Crippen LogP contribution in [0.1, 0.15) is 13.8 Å². The Bertz CT molecular complexity index is 874. The van der Waals surface area contributed by atoms with Crippen molar-refractivity contribution in [3.05, 3.63) is 11.1 Å². The quantitative estimate of drug-likeness (QED) is 0.134. The van der Waals surface area contributed by atoms with Crippen molar-refractivity contribution in [3.8, 4) is 0 Å². The highest BCUT2D eigenvalue weighted by molar-refractivity contribution is 8.09. The molecule has 0 aromatic rings. The maximum absolute atomic E-state index is 11.9. The second kappa shape index (κ2) is 12.2. The Balaban J connectivity index is 1.81. The first-order valence-corrected chi connectivity index (χ1v) is 13.2. The second-order valence-corrected chi connectivity index (χ2v) is 9.85. The molecule has 0 aliphatic carbocycles. The predicted molar refractivity (Wildman–Crippen MR) is 132 cm³/mol. The number of sulfone groups is 1. The summed E-state index contributed by atoms with van der Waals surface area (Å²) in [5.41, 5.74) is 10.9. The molecule has 174 valence electrons. The van der Waals surface area contributed by atoms with Crippen LogP contribution in [-0.4, -0.2) is 92.5 Å². The third kappa shape index (κ3) is 7.90. The van der Waals surface area contributed by atoms with Crippen molar-refractivity contribution in [2.45, 2.75) is 13.8 Å². The largest absolute Gasteiger partial charge is 0.370 e. The molecule has 0 unspecified atom stereocenters. The number of nitrogens with one attached hydrogen (secondary N) is 2. The molecule has 12 nitrogen and oxygen atoms in total. The Kier molecular flexibility index (Phi) is 9.93. The van der Waals surface area contributed by atoms with Crippen molar-refractivity contribution in [1.82, 2.24) is 19.2 Å². The third-order valence-corrected chi connectivity index (χ3v) is 7.06. The van der Waals surface area contributed by atoms with Gasteiger partial charge in [0.1, 0.15) is 0 Å². The predicted octanol–water partition coefficient (Wildman–Crippen LogP) is -0.640. The van der Waals surface area contributed by atoms with E-state index in [0.717, 1.165) is 31.0 Å². The van der Waals surface area contributed by atoms with Gasteiger partial charge in [-0.3, -0.25) is 24.3 Å². The summed E-state index contributed by atoms with van der Waals surface area (Å²) < 4.78 is 30.1. The van der Waals surface area contributed by atoms with E-state index in [0.29, 0.717) is 36.3 Å². The molecular weight excluding hydrogens is 460 g/mol. The molecule has 1 saturated heterocycles. The lowest BCUT2D eigenvalue weighted by Crippen LogP contribution is -2.51. The van der Waals surface area contributed by atoms with Gasteiger partial charge in [0.25, 0.3) is 5.17 Å². The molecule has 2 aliphatic heterocycles. The molecule has 6 N–H and O–H groups in total. The van der Waals surface area contributed by atoms with Crippen LogP contribution < -0.4 is 20.9 Å². The number of nitrogens with zero attached hydrogens (tertiary/aromatic N) is 6. The number of guanidine groups is 3. The van der Waals surface area contributed by atoms with E-state index in [1.54, 1.807) is 0 Å². The zero-order valence-corrected chi connectivity index (χ0v) is 20.4. The van der Waals surface area contributed by atoms with Crippen molar-refractivity contribution in [1.29, 1.82) is 0 Å². The molecular formula is C16H30N10O2S3. The van der Waals surface area contributed by atoms with Gasteiger partial charge in [-0.15, -0.1) is 0 Å². The Hall–Kier alpha value is -1.97. The lowest BCUT2D eigenvalue weighted by Gasteiger charge is -2.28. The fraction of sp³-hybridized carbons (Fsp3) is 0.625. The van der Waals surface area contributed by atoms with Crippen LogP contribution in [0.5, 0.6) is 0 Å². The summed E-state index contributed by atoms with van der Waals surface area (Å²) in [5.74, 6) is 2.24. The molecule has 15 heteroatoms. The summed E-state index contributed by atoms with van der Waals surface area (Å²) in [6, 6.07) is 0. The van der Waals surface area contributed by atoms with E-state index in [1.165, 1.54) is 23.9 Å². The highest BCUT2D eigenvalue weighted by Gasteiger charge is 2.25. The molecule has 2 rings (SSSR count). The van der Waals surface area contributed by atoms with Crippen molar-refractivity contribution in [3.63, 3.8) is 0 Å². The van der Waals surface area contributed by atoms with E-state index in [4.69, 9.17) is 11.5 Å². The molecule has 0 atom stereocenters. The molecule has 0 spiro atoms. The number of nitrogens with two attached hydrogens (primary N) is 2. The van der Waals surface area contributed by atoms with Crippen LogP contribution in [0.3, 0.4) is 0 Å². The normalized spacial score (nSPS) is 20.5. The first kappa shape index (κ1) is 25.3. The molecule has 2 aliphatic rings. The van der Waals surface area contributed by atoms with Gasteiger partial charge in [-0.25, -0.2) is 13.4 Å².